The lowest BCUT2D eigenvalue weighted by atomic mass is 10.0. The number of hydrogen-bond donors (Lipinski definition) is 1. The van der Waals surface area contributed by atoms with Crippen LogP contribution >= 0.6 is 11.8 Å². The van der Waals surface area contributed by atoms with Crippen LogP contribution in [0.15, 0.2) is 122 Å². The van der Waals surface area contributed by atoms with Crippen molar-refractivity contribution in [1.29, 1.82) is 0 Å². The van der Waals surface area contributed by atoms with Gasteiger partial charge in [0.25, 0.3) is 0 Å². The molecule has 5 rings (SSSR count). The molecule has 0 aliphatic rings. The van der Waals surface area contributed by atoms with Crippen molar-refractivity contribution in [3.8, 4) is 17.1 Å². The first kappa shape index (κ1) is 20.2. The molecule has 0 aliphatic carbocycles. The molecule has 0 radical (unpaired) electrons. The summed E-state index contributed by atoms with van der Waals surface area (Å²) in [5, 5.41) is 13.0. The van der Waals surface area contributed by atoms with Crippen LogP contribution in [0.1, 0.15) is 11.1 Å². The van der Waals surface area contributed by atoms with Crippen molar-refractivity contribution < 1.29 is 9.52 Å². The summed E-state index contributed by atoms with van der Waals surface area (Å²) >= 11 is 1.67. The minimum atomic E-state index is -0.517. The number of benzene rings is 4. The highest BCUT2D eigenvalue weighted by molar-refractivity contribution is 7.99. The number of rotatable bonds is 5. The maximum absolute atomic E-state index is 12.6. The van der Waals surface area contributed by atoms with Crippen molar-refractivity contribution in [3.63, 3.8) is 0 Å². The molecule has 1 heterocycles. The predicted octanol–water partition coefficient (Wildman–Crippen LogP) is 6.91. The largest absolute Gasteiger partial charge is 0.507 e. The molecule has 3 nitrogen and oxygen atoms in total. The van der Waals surface area contributed by atoms with Crippen LogP contribution in [-0.4, -0.2) is 5.11 Å². The molecule has 156 valence electrons. The van der Waals surface area contributed by atoms with Crippen molar-refractivity contribution in [2.45, 2.75) is 16.2 Å². The molecule has 1 N–H and O–H groups in total. The monoisotopic (exact) mass is 436 g/mol. The Bertz CT molecular complexity index is 1460. The normalized spacial score (nSPS) is 11.0. The number of hydrogen-bond acceptors (Lipinski definition) is 4. The molecule has 4 aromatic carbocycles. The van der Waals surface area contributed by atoms with Crippen LogP contribution in [0.4, 0.5) is 0 Å². The SMILES string of the molecule is O=c1oc(-c2ccccc2)cc(O)c1Cc1cccc(Sc2ccc3ccccc3c2)c1. The average molecular weight is 437 g/mol. The summed E-state index contributed by atoms with van der Waals surface area (Å²) in [7, 11) is 0. The first-order valence-electron chi connectivity index (χ1n) is 10.3. The molecular weight excluding hydrogens is 416 g/mol. The summed E-state index contributed by atoms with van der Waals surface area (Å²) < 4.78 is 5.49. The van der Waals surface area contributed by atoms with E-state index < -0.39 is 5.63 Å². The first-order chi connectivity index (χ1) is 15.7. The Morgan fingerprint density at radius 3 is 2.28 bits per heavy atom. The van der Waals surface area contributed by atoms with E-state index in [9.17, 15) is 9.90 Å². The standard InChI is InChI=1S/C28H20O3S/c29-26-18-27(21-9-2-1-3-10-21)31-28(30)25(26)16-19-7-6-12-23(15-19)32-24-14-13-20-8-4-5-11-22(20)17-24/h1-15,17-18,29H,16H2. The summed E-state index contributed by atoms with van der Waals surface area (Å²) in [4.78, 5) is 14.8. The quantitative estimate of drug-likeness (QED) is 0.325. The Balaban J connectivity index is 1.39. The molecule has 1 aromatic heterocycles. The maximum atomic E-state index is 12.6. The molecule has 32 heavy (non-hydrogen) atoms. The molecule has 0 fully saturated rings. The van der Waals surface area contributed by atoms with Gasteiger partial charge in [-0.1, -0.05) is 84.6 Å². The van der Waals surface area contributed by atoms with Crippen LogP contribution in [0.25, 0.3) is 22.1 Å². The third-order valence-corrected chi connectivity index (χ3v) is 6.30. The third kappa shape index (κ3) is 4.32. The Morgan fingerprint density at radius 1 is 0.719 bits per heavy atom. The van der Waals surface area contributed by atoms with Gasteiger partial charge in [-0.05, 0) is 40.6 Å². The first-order valence-corrected chi connectivity index (χ1v) is 11.1. The summed E-state index contributed by atoms with van der Waals surface area (Å²) in [6.45, 7) is 0. The minimum absolute atomic E-state index is 0.0484. The average Bonchev–Trinajstić information content (AvgIpc) is 2.82. The molecule has 0 aliphatic heterocycles. The van der Waals surface area contributed by atoms with E-state index in [1.54, 1.807) is 11.8 Å². The number of fused-ring (bicyclic) bond motifs is 1. The lowest BCUT2D eigenvalue weighted by molar-refractivity contribution is 0.443. The Kier molecular flexibility index (Phi) is 5.53. The van der Waals surface area contributed by atoms with Crippen molar-refractivity contribution in [2.75, 3.05) is 0 Å². The van der Waals surface area contributed by atoms with Crippen LogP contribution in [0.5, 0.6) is 5.75 Å². The van der Waals surface area contributed by atoms with E-state index in [1.165, 1.54) is 16.8 Å². The highest BCUT2D eigenvalue weighted by atomic mass is 32.2. The van der Waals surface area contributed by atoms with Crippen LogP contribution in [0, 0.1) is 0 Å². The maximum Gasteiger partial charge on any atom is 0.343 e. The second-order valence-corrected chi connectivity index (χ2v) is 8.71. The van der Waals surface area contributed by atoms with Crippen LogP contribution < -0.4 is 5.63 Å². The zero-order chi connectivity index (χ0) is 21.9. The van der Waals surface area contributed by atoms with Gasteiger partial charge in [0.15, 0.2) is 0 Å². The fourth-order valence-corrected chi connectivity index (χ4v) is 4.66. The lowest BCUT2D eigenvalue weighted by Crippen LogP contribution is -2.08. The summed E-state index contributed by atoms with van der Waals surface area (Å²) in [6, 6.07) is 33.5. The molecule has 5 aromatic rings. The minimum Gasteiger partial charge on any atom is -0.507 e. The molecule has 0 saturated carbocycles. The molecule has 4 heteroatoms. The van der Waals surface area contributed by atoms with Gasteiger partial charge in [0.2, 0.25) is 0 Å². The third-order valence-electron chi connectivity index (χ3n) is 5.32. The van der Waals surface area contributed by atoms with Crippen molar-refractivity contribution in [1.82, 2.24) is 0 Å². The van der Waals surface area contributed by atoms with Gasteiger partial charge in [0.05, 0.1) is 5.56 Å². The summed E-state index contributed by atoms with van der Waals surface area (Å²) in [6.07, 6.45) is 0.301. The lowest BCUT2D eigenvalue weighted by Gasteiger charge is -2.08. The van der Waals surface area contributed by atoms with Crippen molar-refractivity contribution >= 4 is 22.5 Å². The summed E-state index contributed by atoms with van der Waals surface area (Å²) in [5.74, 6) is 0.310. The van der Waals surface area contributed by atoms with Gasteiger partial charge >= 0.3 is 5.63 Å². The fraction of sp³-hybridized carbons (Fsp3) is 0.0357. The zero-order valence-electron chi connectivity index (χ0n) is 17.2. The van der Waals surface area contributed by atoms with Crippen LogP contribution in [0.3, 0.4) is 0 Å². The Morgan fingerprint density at radius 2 is 1.47 bits per heavy atom. The second-order valence-electron chi connectivity index (χ2n) is 7.56. The molecule has 0 bridgehead atoms. The van der Waals surface area contributed by atoms with Crippen LogP contribution in [0.2, 0.25) is 0 Å². The van der Waals surface area contributed by atoms with E-state index in [0.717, 1.165) is 20.9 Å². The Hall–Kier alpha value is -3.76. The highest BCUT2D eigenvalue weighted by Gasteiger charge is 2.13. The zero-order valence-corrected chi connectivity index (χ0v) is 18.0. The van der Waals surface area contributed by atoms with Gasteiger partial charge in [-0.3, -0.25) is 0 Å². The predicted molar refractivity (Wildman–Crippen MR) is 129 cm³/mol. The molecule has 0 atom stereocenters. The highest BCUT2D eigenvalue weighted by Crippen LogP contribution is 2.31. The van der Waals surface area contributed by atoms with Gasteiger partial charge in [-0.25, -0.2) is 4.79 Å². The Labute approximate surface area is 190 Å². The van der Waals surface area contributed by atoms with Gasteiger partial charge < -0.3 is 9.52 Å². The topological polar surface area (TPSA) is 50.4 Å². The number of aromatic hydroxyl groups is 1. The van der Waals surface area contributed by atoms with E-state index in [2.05, 4.69) is 30.3 Å². The molecule has 0 saturated heterocycles. The van der Waals surface area contributed by atoms with Gasteiger partial charge in [0, 0.05) is 27.8 Å². The van der Waals surface area contributed by atoms with E-state index in [-0.39, 0.29) is 11.3 Å². The molecule has 0 unspecified atom stereocenters. The van der Waals surface area contributed by atoms with Gasteiger partial charge in [-0.15, -0.1) is 0 Å². The van der Waals surface area contributed by atoms with Gasteiger partial charge in [-0.2, -0.15) is 0 Å². The van der Waals surface area contributed by atoms with Gasteiger partial charge in [0.1, 0.15) is 11.5 Å². The fourth-order valence-electron chi connectivity index (χ4n) is 3.70. The van der Waals surface area contributed by atoms with Crippen molar-refractivity contribution in [2.24, 2.45) is 0 Å². The second kappa shape index (κ2) is 8.77. The van der Waals surface area contributed by atoms with Crippen LogP contribution in [-0.2, 0) is 6.42 Å². The molecule has 0 spiro atoms. The van der Waals surface area contributed by atoms with E-state index in [4.69, 9.17) is 4.42 Å². The molecule has 0 amide bonds. The van der Waals surface area contributed by atoms with E-state index in [1.807, 2.05) is 66.7 Å². The van der Waals surface area contributed by atoms with Crippen molar-refractivity contribution in [3.05, 3.63) is 125 Å². The smallest absolute Gasteiger partial charge is 0.343 e. The molecular formula is C28H20O3S. The van der Waals surface area contributed by atoms with E-state index in [0.29, 0.717) is 12.2 Å². The van der Waals surface area contributed by atoms with E-state index >= 15 is 0 Å². The summed E-state index contributed by atoms with van der Waals surface area (Å²) in [5.41, 5.74) is 1.43.